The van der Waals surface area contributed by atoms with Crippen molar-refractivity contribution in [2.75, 3.05) is 39.8 Å². The maximum absolute atomic E-state index is 5.37. The van der Waals surface area contributed by atoms with Crippen molar-refractivity contribution in [2.24, 2.45) is 4.99 Å². The minimum absolute atomic E-state index is 0. The molecule has 0 unspecified atom stereocenters. The first-order chi connectivity index (χ1) is 13.5. The highest BCUT2D eigenvalue weighted by molar-refractivity contribution is 14.0. The second-order valence-electron chi connectivity index (χ2n) is 6.26. The summed E-state index contributed by atoms with van der Waals surface area (Å²) < 4.78 is 17.8. The molecular weight excluding hydrogens is 485 g/mol. The third kappa shape index (κ3) is 6.77. The number of aryl methyl sites for hydroxylation is 1. The van der Waals surface area contributed by atoms with Crippen LogP contribution in [0.5, 0.6) is 11.5 Å². The van der Waals surface area contributed by atoms with E-state index in [0.717, 1.165) is 35.7 Å². The lowest BCUT2D eigenvalue weighted by atomic mass is 10.2. The highest BCUT2D eigenvalue weighted by Crippen LogP contribution is 2.29. The number of ether oxygens (including phenoxy) is 3. The maximum Gasteiger partial charge on any atom is 0.196 e. The van der Waals surface area contributed by atoms with Gasteiger partial charge in [0.25, 0.3) is 0 Å². The van der Waals surface area contributed by atoms with E-state index in [0.29, 0.717) is 30.6 Å². The van der Waals surface area contributed by atoms with Crippen LogP contribution in [0.2, 0.25) is 0 Å². The van der Waals surface area contributed by atoms with Crippen molar-refractivity contribution in [3.05, 3.63) is 35.2 Å². The van der Waals surface area contributed by atoms with Crippen molar-refractivity contribution in [3.63, 3.8) is 0 Å². The summed E-state index contributed by atoms with van der Waals surface area (Å²) in [6.07, 6.45) is 0. The summed E-state index contributed by atoms with van der Waals surface area (Å²) in [5.41, 5.74) is 4.08. The molecule has 1 aromatic heterocycles. The third-order valence-electron chi connectivity index (χ3n) is 4.42. The van der Waals surface area contributed by atoms with Crippen LogP contribution in [0.1, 0.15) is 23.9 Å². The summed E-state index contributed by atoms with van der Waals surface area (Å²) in [5, 5.41) is 11.2. The molecule has 1 heterocycles. The van der Waals surface area contributed by atoms with Crippen molar-refractivity contribution in [1.29, 1.82) is 0 Å². The molecule has 9 heteroatoms. The zero-order chi connectivity index (χ0) is 20.5. The Morgan fingerprint density at radius 1 is 1.14 bits per heavy atom. The molecule has 0 saturated heterocycles. The molecule has 0 aliphatic rings. The van der Waals surface area contributed by atoms with Crippen molar-refractivity contribution in [1.82, 2.24) is 15.1 Å². The van der Waals surface area contributed by atoms with Crippen LogP contribution in [0.4, 0.5) is 5.69 Å². The number of anilines is 1. The van der Waals surface area contributed by atoms with Gasteiger partial charge in [-0.2, -0.15) is 5.10 Å². The number of nitrogens with zero attached hydrogens (tertiary/aromatic N) is 3. The van der Waals surface area contributed by atoms with Gasteiger partial charge in [-0.25, -0.2) is 4.99 Å². The van der Waals surface area contributed by atoms with E-state index >= 15 is 0 Å². The van der Waals surface area contributed by atoms with E-state index in [-0.39, 0.29) is 24.0 Å². The Bertz CT molecular complexity index is 808. The largest absolute Gasteiger partial charge is 0.493 e. The first kappa shape index (κ1) is 25.0. The van der Waals surface area contributed by atoms with E-state index in [2.05, 4.69) is 22.7 Å². The lowest BCUT2D eigenvalue weighted by molar-refractivity contribution is 0.182. The van der Waals surface area contributed by atoms with Gasteiger partial charge < -0.3 is 24.8 Å². The molecule has 8 nitrogen and oxygen atoms in total. The quantitative estimate of drug-likeness (QED) is 0.302. The van der Waals surface area contributed by atoms with E-state index in [1.54, 1.807) is 21.3 Å². The molecule has 0 spiro atoms. The Labute approximate surface area is 190 Å². The Morgan fingerprint density at radius 3 is 2.48 bits per heavy atom. The molecule has 0 atom stereocenters. The minimum Gasteiger partial charge on any atom is -0.493 e. The summed E-state index contributed by atoms with van der Waals surface area (Å²) >= 11 is 0. The van der Waals surface area contributed by atoms with Crippen molar-refractivity contribution in [3.8, 4) is 11.5 Å². The van der Waals surface area contributed by atoms with Crippen LogP contribution >= 0.6 is 24.0 Å². The number of guanidine groups is 1. The van der Waals surface area contributed by atoms with Crippen LogP contribution in [-0.4, -0.2) is 50.2 Å². The number of aromatic nitrogens is 2. The molecule has 0 bridgehead atoms. The normalized spacial score (nSPS) is 11.0. The van der Waals surface area contributed by atoms with Gasteiger partial charge in [0.2, 0.25) is 0 Å². The molecule has 0 aliphatic heterocycles. The zero-order valence-corrected chi connectivity index (χ0v) is 20.4. The summed E-state index contributed by atoms with van der Waals surface area (Å²) in [6.45, 7) is 8.76. The topological polar surface area (TPSA) is 81.9 Å². The van der Waals surface area contributed by atoms with E-state index in [9.17, 15) is 0 Å². The van der Waals surface area contributed by atoms with E-state index in [1.807, 2.05) is 36.7 Å². The van der Waals surface area contributed by atoms with Crippen LogP contribution in [0.3, 0.4) is 0 Å². The number of nitrogens with one attached hydrogen (secondary N) is 2. The van der Waals surface area contributed by atoms with Gasteiger partial charge in [0.1, 0.15) is 0 Å². The predicted molar refractivity (Wildman–Crippen MR) is 127 cm³/mol. The molecule has 0 fully saturated rings. The van der Waals surface area contributed by atoms with E-state index < -0.39 is 0 Å². The molecule has 0 saturated carbocycles. The molecule has 2 aromatic rings. The molecule has 2 N–H and O–H groups in total. The Hall–Kier alpha value is -2.01. The molecule has 0 amide bonds. The van der Waals surface area contributed by atoms with Crippen LogP contribution in [-0.2, 0) is 17.8 Å². The van der Waals surface area contributed by atoms with Crippen LogP contribution in [0.15, 0.2) is 23.2 Å². The third-order valence-corrected chi connectivity index (χ3v) is 4.42. The highest BCUT2D eigenvalue weighted by atomic mass is 127. The lowest BCUT2D eigenvalue weighted by Crippen LogP contribution is -2.30. The van der Waals surface area contributed by atoms with E-state index in [1.165, 1.54) is 0 Å². The van der Waals surface area contributed by atoms with Crippen molar-refractivity contribution >= 4 is 35.6 Å². The monoisotopic (exact) mass is 517 g/mol. The molecule has 1 aromatic carbocycles. The van der Waals surface area contributed by atoms with Crippen LogP contribution in [0, 0.1) is 13.8 Å². The second-order valence-corrected chi connectivity index (χ2v) is 6.26. The van der Waals surface area contributed by atoms with E-state index in [4.69, 9.17) is 19.2 Å². The average Bonchev–Trinajstić information content (AvgIpc) is 2.97. The van der Waals surface area contributed by atoms with Crippen LogP contribution < -0.4 is 20.1 Å². The number of hydrogen-bond donors (Lipinski definition) is 2. The molecule has 0 aliphatic carbocycles. The van der Waals surface area contributed by atoms with Gasteiger partial charge in [-0.3, -0.25) is 4.68 Å². The first-order valence-corrected chi connectivity index (χ1v) is 9.33. The van der Waals surface area contributed by atoms with Gasteiger partial charge in [0.15, 0.2) is 17.5 Å². The standard InChI is InChI=1S/C20H31N5O3.HI/c1-7-21-20(23-16-8-9-18(27-5)19(12-16)28-6)22-13-17-14(2)24-25(15(17)3)10-11-26-4;/h8-9,12H,7,10-11,13H2,1-6H3,(H2,21,22,23);1H. The van der Waals surface area contributed by atoms with Gasteiger partial charge in [-0.1, -0.05) is 0 Å². The Balaban J connectivity index is 0.00000420. The van der Waals surface area contributed by atoms with Gasteiger partial charge >= 0.3 is 0 Å². The number of benzene rings is 1. The minimum atomic E-state index is 0. The van der Waals surface area contributed by atoms with Gasteiger partial charge in [0, 0.05) is 36.7 Å². The number of aliphatic imine (C=N–C) groups is 1. The molecule has 0 radical (unpaired) electrons. The Morgan fingerprint density at radius 2 is 1.86 bits per heavy atom. The number of methoxy groups -OCH3 is 3. The molecule has 2 rings (SSSR count). The van der Waals surface area contributed by atoms with Gasteiger partial charge in [-0.05, 0) is 32.9 Å². The number of hydrogen-bond acceptors (Lipinski definition) is 5. The number of halogens is 1. The smallest absolute Gasteiger partial charge is 0.196 e. The highest BCUT2D eigenvalue weighted by Gasteiger charge is 2.12. The first-order valence-electron chi connectivity index (χ1n) is 9.33. The molecule has 162 valence electrons. The fraction of sp³-hybridized carbons (Fsp3) is 0.500. The maximum atomic E-state index is 5.37. The fourth-order valence-corrected chi connectivity index (χ4v) is 2.87. The summed E-state index contributed by atoms with van der Waals surface area (Å²) in [7, 11) is 4.93. The Kier molecular flexibility index (Phi) is 10.8. The van der Waals surface area contributed by atoms with Gasteiger partial charge in [-0.15, -0.1) is 24.0 Å². The van der Waals surface area contributed by atoms with Crippen molar-refractivity contribution < 1.29 is 14.2 Å². The fourth-order valence-electron chi connectivity index (χ4n) is 2.87. The summed E-state index contributed by atoms with van der Waals surface area (Å²) in [4.78, 5) is 4.73. The average molecular weight is 517 g/mol. The van der Waals surface area contributed by atoms with Crippen LogP contribution in [0.25, 0.3) is 0 Å². The van der Waals surface area contributed by atoms with Crippen molar-refractivity contribution in [2.45, 2.75) is 33.9 Å². The second kappa shape index (κ2) is 12.5. The number of rotatable bonds is 9. The summed E-state index contributed by atoms with van der Waals surface area (Å²) in [6, 6.07) is 5.66. The lowest BCUT2D eigenvalue weighted by Gasteiger charge is -2.14. The van der Waals surface area contributed by atoms with Gasteiger partial charge in [0.05, 0.1) is 39.6 Å². The summed E-state index contributed by atoms with van der Waals surface area (Å²) in [5.74, 6) is 2.04. The molecule has 29 heavy (non-hydrogen) atoms. The molecular formula is C20H32IN5O3. The predicted octanol–water partition coefficient (Wildman–Crippen LogP) is 3.36. The SMILES string of the molecule is CCNC(=NCc1c(C)nn(CCOC)c1C)Nc1ccc(OC)c(OC)c1.I. The zero-order valence-electron chi connectivity index (χ0n) is 18.0.